The van der Waals surface area contributed by atoms with E-state index in [9.17, 15) is 14.0 Å². The number of halogens is 3. The number of ketones is 1. The molecule has 3 aromatic rings. The van der Waals surface area contributed by atoms with Gasteiger partial charge < -0.3 is 15.0 Å². The van der Waals surface area contributed by atoms with E-state index in [0.29, 0.717) is 26.6 Å². The highest BCUT2D eigenvalue weighted by molar-refractivity contribution is 6.40. The average Bonchev–Trinajstić information content (AvgIpc) is 3.00. The lowest BCUT2D eigenvalue weighted by molar-refractivity contribution is 0.0521. The number of esters is 1. The summed E-state index contributed by atoms with van der Waals surface area (Å²) in [4.78, 5) is 27.5. The summed E-state index contributed by atoms with van der Waals surface area (Å²) in [5.74, 6) is -1.24. The predicted molar refractivity (Wildman–Crippen MR) is 108 cm³/mol. The minimum atomic E-state index is -0.551. The molecule has 0 bridgehead atoms. The number of benzene rings is 2. The van der Waals surface area contributed by atoms with Gasteiger partial charge in [0, 0.05) is 28.9 Å². The zero-order valence-corrected chi connectivity index (χ0v) is 16.5. The van der Waals surface area contributed by atoms with Crippen molar-refractivity contribution in [2.75, 3.05) is 18.5 Å². The first kappa shape index (κ1) is 20.2. The number of fused-ring (bicyclic) bond motifs is 1. The number of nitrogens with one attached hydrogen (secondary N) is 2. The molecular formula is C20H17Cl2FN2O3. The molecule has 0 saturated heterocycles. The third-order valence-electron chi connectivity index (χ3n) is 4.09. The molecule has 1 heterocycles. The quantitative estimate of drug-likeness (QED) is 0.390. The summed E-state index contributed by atoms with van der Waals surface area (Å²) in [5, 5.41) is 4.43. The summed E-state index contributed by atoms with van der Waals surface area (Å²) in [7, 11) is 0. The van der Waals surface area contributed by atoms with Gasteiger partial charge in [-0.15, -0.1) is 0 Å². The largest absolute Gasteiger partial charge is 0.461 e. The van der Waals surface area contributed by atoms with E-state index in [0.717, 1.165) is 0 Å². The second-order valence-electron chi connectivity index (χ2n) is 6.02. The Hall–Kier alpha value is -2.57. The molecule has 0 fully saturated rings. The van der Waals surface area contributed by atoms with Gasteiger partial charge in [-0.25, -0.2) is 9.18 Å². The smallest absolute Gasteiger partial charge is 0.356 e. The lowest BCUT2D eigenvalue weighted by Crippen LogP contribution is -2.13. The molecule has 0 amide bonds. The van der Waals surface area contributed by atoms with Crippen LogP contribution in [0.4, 0.5) is 10.1 Å². The van der Waals surface area contributed by atoms with E-state index >= 15 is 0 Å². The summed E-state index contributed by atoms with van der Waals surface area (Å²) in [6, 6.07) is 8.72. The van der Waals surface area contributed by atoms with Gasteiger partial charge in [-0.05, 0) is 31.2 Å². The normalized spacial score (nSPS) is 10.9. The summed E-state index contributed by atoms with van der Waals surface area (Å²) in [5.41, 5.74) is 1.48. The second kappa shape index (κ2) is 8.63. The molecule has 1 aromatic heterocycles. The maximum absolute atomic E-state index is 13.3. The highest BCUT2D eigenvalue weighted by Crippen LogP contribution is 2.36. The third-order valence-corrected chi connectivity index (χ3v) is 4.61. The van der Waals surface area contributed by atoms with Crippen LogP contribution in [-0.4, -0.2) is 29.9 Å². The van der Waals surface area contributed by atoms with E-state index in [1.165, 1.54) is 18.2 Å². The zero-order chi connectivity index (χ0) is 20.3. The van der Waals surface area contributed by atoms with Crippen molar-refractivity contribution in [3.05, 3.63) is 63.5 Å². The Morgan fingerprint density at radius 2 is 2.00 bits per heavy atom. The molecule has 0 radical (unpaired) electrons. The average molecular weight is 423 g/mol. The van der Waals surface area contributed by atoms with Gasteiger partial charge in [0.2, 0.25) is 0 Å². The van der Waals surface area contributed by atoms with Gasteiger partial charge in [0.25, 0.3) is 0 Å². The Bertz CT molecular complexity index is 1050. The van der Waals surface area contributed by atoms with Crippen LogP contribution in [0.5, 0.6) is 0 Å². The van der Waals surface area contributed by atoms with Gasteiger partial charge in [-0.3, -0.25) is 4.79 Å². The number of hydrogen-bond donors (Lipinski definition) is 2. The molecule has 0 aliphatic heterocycles. The molecule has 146 valence electrons. The van der Waals surface area contributed by atoms with Gasteiger partial charge >= 0.3 is 5.97 Å². The standard InChI is InChI=1S/C20H17Cl2FN2O3/c1-2-28-20(27)19-18(17-14(22)9-12(21)10-15(17)25-19)24-7-6-16(26)11-4-3-5-13(23)8-11/h3-5,8-10,24-25H,2,6-7H2,1H3. The number of H-pyrrole nitrogens is 1. The van der Waals surface area contributed by atoms with E-state index in [4.69, 9.17) is 27.9 Å². The molecule has 2 N–H and O–H groups in total. The number of rotatable bonds is 7. The highest BCUT2D eigenvalue weighted by Gasteiger charge is 2.21. The summed E-state index contributed by atoms with van der Waals surface area (Å²) in [6.07, 6.45) is 0.101. The van der Waals surface area contributed by atoms with Crippen LogP contribution in [0.3, 0.4) is 0 Å². The van der Waals surface area contributed by atoms with Crippen LogP contribution in [0.25, 0.3) is 10.9 Å². The molecule has 8 heteroatoms. The fourth-order valence-corrected chi connectivity index (χ4v) is 3.48. The first-order chi connectivity index (χ1) is 13.4. The van der Waals surface area contributed by atoms with Crippen LogP contribution in [0.15, 0.2) is 36.4 Å². The Morgan fingerprint density at radius 3 is 2.71 bits per heavy atom. The van der Waals surface area contributed by atoms with Crippen LogP contribution in [0, 0.1) is 5.82 Å². The molecule has 5 nitrogen and oxygen atoms in total. The van der Waals surface area contributed by atoms with Crippen molar-refractivity contribution < 1.29 is 18.7 Å². The first-order valence-corrected chi connectivity index (χ1v) is 9.36. The van der Waals surface area contributed by atoms with Crippen molar-refractivity contribution in [3.63, 3.8) is 0 Å². The fourth-order valence-electron chi connectivity index (χ4n) is 2.89. The number of aromatic nitrogens is 1. The molecule has 2 aromatic carbocycles. The molecule has 28 heavy (non-hydrogen) atoms. The lowest BCUT2D eigenvalue weighted by Gasteiger charge is -2.09. The summed E-state index contributed by atoms with van der Waals surface area (Å²) in [6.45, 7) is 2.13. The van der Waals surface area contributed by atoms with Gasteiger partial charge in [0.05, 0.1) is 22.8 Å². The Morgan fingerprint density at radius 1 is 1.21 bits per heavy atom. The van der Waals surface area contributed by atoms with Crippen molar-refractivity contribution in [3.8, 4) is 0 Å². The van der Waals surface area contributed by atoms with Crippen molar-refractivity contribution in [2.24, 2.45) is 0 Å². The molecular weight excluding hydrogens is 406 g/mol. The maximum Gasteiger partial charge on any atom is 0.356 e. The van der Waals surface area contributed by atoms with E-state index in [1.54, 1.807) is 25.1 Å². The number of carbonyl (C=O) groups excluding carboxylic acids is 2. The van der Waals surface area contributed by atoms with Crippen LogP contribution < -0.4 is 5.32 Å². The van der Waals surface area contributed by atoms with Gasteiger partial charge in [0.15, 0.2) is 5.78 Å². The van der Waals surface area contributed by atoms with Crippen LogP contribution in [0.1, 0.15) is 34.2 Å². The topological polar surface area (TPSA) is 71.2 Å². The van der Waals surface area contributed by atoms with Crippen LogP contribution >= 0.6 is 23.2 Å². The monoisotopic (exact) mass is 422 g/mol. The molecule has 0 aliphatic carbocycles. The van der Waals surface area contributed by atoms with Crippen molar-refractivity contribution in [2.45, 2.75) is 13.3 Å². The SMILES string of the molecule is CCOC(=O)c1[nH]c2cc(Cl)cc(Cl)c2c1NCCC(=O)c1cccc(F)c1. The Labute approximate surface area is 170 Å². The van der Waals surface area contributed by atoms with Gasteiger partial charge in [0.1, 0.15) is 11.5 Å². The minimum absolute atomic E-state index is 0.101. The number of Topliss-reactive ketones (excluding diaryl/α,β-unsaturated/α-hetero) is 1. The molecule has 0 aliphatic rings. The maximum atomic E-state index is 13.3. The van der Waals surface area contributed by atoms with Crippen molar-refractivity contribution in [1.82, 2.24) is 4.98 Å². The Balaban J connectivity index is 1.85. The van der Waals surface area contributed by atoms with E-state index in [1.807, 2.05) is 0 Å². The number of carbonyl (C=O) groups is 2. The fraction of sp³-hybridized carbons (Fsp3) is 0.200. The second-order valence-corrected chi connectivity index (χ2v) is 6.86. The summed E-state index contributed by atoms with van der Waals surface area (Å²) >= 11 is 12.3. The van der Waals surface area contributed by atoms with Crippen molar-refractivity contribution >= 4 is 51.5 Å². The number of ether oxygens (including phenoxy) is 1. The minimum Gasteiger partial charge on any atom is -0.461 e. The number of anilines is 1. The molecule has 0 spiro atoms. The number of hydrogen-bond acceptors (Lipinski definition) is 4. The predicted octanol–water partition coefficient (Wildman–Crippen LogP) is 5.48. The third kappa shape index (κ3) is 4.29. The van der Waals surface area contributed by atoms with Crippen molar-refractivity contribution in [1.29, 1.82) is 0 Å². The van der Waals surface area contributed by atoms with Crippen LogP contribution in [-0.2, 0) is 4.74 Å². The molecule has 0 saturated carbocycles. The van der Waals surface area contributed by atoms with E-state index < -0.39 is 11.8 Å². The molecule has 0 atom stereocenters. The lowest BCUT2D eigenvalue weighted by atomic mass is 10.1. The number of aromatic amines is 1. The van der Waals surface area contributed by atoms with E-state index in [-0.39, 0.29) is 36.6 Å². The van der Waals surface area contributed by atoms with E-state index in [2.05, 4.69) is 10.3 Å². The molecule has 3 rings (SSSR count). The van der Waals surface area contributed by atoms with Crippen LogP contribution in [0.2, 0.25) is 10.0 Å². The molecule has 0 unspecified atom stereocenters. The summed E-state index contributed by atoms with van der Waals surface area (Å²) < 4.78 is 18.4. The Kier molecular flexibility index (Phi) is 6.21. The van der Waals surface area contributed by atoms with Gasteiger partial charge in [-0.1, -0.05) is 35.3 Å². The zero-order valence-electron chi connectivity index (χ0n) is 14.9. The van der Waals surface area contributed by atoms with Gasteiger partial charge in [-0.2, -0.15) is 0 Å². The first-order valence-electron chi connectivity index (χ1n) is 8.61. The highest BCUT2D eigenvalue weighted by atomic mass is 35.5.